The molecule has 4 aliphatic rings. The number of fused-ring (bicyclic) bond motifs is 5. The highest BCUT2D eigenvalue weighted by molar-refractivity contribution is 5.92. The fourth-order valence-corrected chi connectivity index (χ4v) is 5.95. The first-order chi connectivity index (χ1) is 9.95. The molecule has 0 spiro atoms. The van der Waals surface area contributed by atoms with Crippen molar-refractivity contribution in [1.29, 1.82) is 0 Å². The van der Waals surface area contributed by atoms with Gasteiger partial charge in [-0.2, -0.15) is 0 Å². The van der Waals surface area contributed by atoms with E-state index in [0.717, 1.165) is 44.1 Å². The minimum Gasteiger partial charge on any atom is -0.385 e. The maximum Gasteiger partial charge on any atom is 0.155 e. The molecule has 114 valence electrons. The molecule has 0 aliphatic heterocycles. The molecule has 4 rings (SSSR count). The van der Waals surface area contributed by atoms with Crippen LogP contribution < -0.4 is 0 Å². The van der Waals surface area contributed by atoms with Gasteiger partial charge in [0.05, 0.1) is 5.60 Å². The van der Waals surface area contributed by atoms with Crippen LogP contribution in [0.4, 0.5) is 0 Å². The zero-order chi connectivity index (χ0) is 14.8. The summed E-state index contributed by atoms with van der Waals surface area (Å²) >= 11 is 0. The Morgan fingerprint density at radius 3 is 2.67 bits per heavy atom. The van der Waals surface area contributed by atoms with Gasteiger partial charge in [-0.15, -0.1) is 0 Å². The topological polar surface area (TPSA) is 54.4 Å². The van der Waals surface area contributed by atoms with Crippen molar-refractivity contribution in [2.45, 2.75) is 63.9 Å². The largest absolute Gasteiger partial charge is 0.385 e. The standard InChI is InChI=1S/C18H24O3/c1-17-8-7-15-13(14(17)4-5-16(17)20)3-2-11-10-12(19)6-9-18(11,15)21/h10,13-15,21H,2-9H2,1H3/t13-,14+,15-,17+,18+/m1/s1. The average molecular weight is 288 g/mol. The molecule has 0 aromatic rings. The van der Waals surface area contributed by atoms with Gasteiger partial charge in [0.1, 0.15) is 5.78 Å². The van der Waals surface area contributed by atoms with Crippen LogP contribution >= 0.6 is 0 Å². The van der Waals surface area contributed by atoms with Crippen molar-refractivity contribution in [3.05, 3.63) is 11.6 Å². The summed E-state index contributed by atoms with van der Waals surface area (Å²) in [6.45, 7) is 2.16. The number of aliphatic hydroxyl groups is 1. The third-order valence-electron chi connectivity index (χ3n) is 7.15. The van der Waals surface area contributed by atoms with E-state index < -0.39 is 5.60 Å². The Bertz CT molecular complexity index is 549. The molecular formula is C18H24O3. The Kier molecular flexibility index (Phi) is 2.79. The average Bonchev–Trinajstić information content (AvgIpc) is 2.76. The van der Waals surface area contributed by atoms with Crippen molar-refractivity contribution in [2.24, 2.45) is 23.2 Å². The van der Waals surface area contributed by atoms with E-state index in [-0.39, 0.29) is 17.1 Å². The Morgan fingerprint density at radius 1 is 1.05 bits per heavy atom. The molecule has 0 aromatic heterocycles. The van der Waals surface area contributed by atoms with E-state index in [0.29, 0.717) is 30.5 Å². The van der Waals surface area contributed by atoms with Gasteiger partial charge in [0.25, 0.3) is 0 Å². The van der Waals surface area contributed by atoms with Gasteiger partial charge >= 0.3 is 0 Å². The van der Waals surface area contributed by atoms with Crippen molar-refractivity contribution in [2.75, 3.05) is 0 Å². The quantitative estimate of drug-likeness (QED) is 0.745. The van der Waals surface area contributed by atoms with Gasteiger partial charge in [-0.3, -0.25) is 9.59 Å². The summed E-state index contributed by atoms with van der Waals surface area (Å²) in [5, 5.41) is 11.3. The third kappa shape index (κ3) is 1.70. The van der Waals surface area contributed by atoms with E-state index in [2.05, 4.69) is 6.92 Å². The van der Waals surface area contributed by atoms with Crippen LogP contribution in [0, 0.1) is 23.2 Å². The van der Waals surface area contributed by atoms with E-state index in [9.17, 15) is 14.7 Å². The predicted octanol–water partition coefficient (Wildman–Crippen LogP) is 2.81. The highest BCUT2D eigenvalue weighted by Gasteiger charge is 2.59. The molecule has 4 aliphatic carbocycles. The number of hydrogen-bond acceptors (Lipinski definition) is 3. The van der Waals surface area contributed by atoms with Crippen molar-refractivity contribution in [3.8, 4) is 0 Å². The molecule has 0 radical (unpaired) electrons. The van der Waals surface area contributed by atoms with Crippen LogP contribution in [0.1, 0.15) is 58.3 Å². The van der Waals surface area contributed by atoms with Crippen molar-refractivity contribution < 1.29 is 14.7 Å². The summed E-state index contributed by atoms with van der Waals surface area (Å²) in [5.74, 6) is 1.79. The van der Waals surface area contributed by atoms with Crippen LogP contribution in [-0.4, -0.2) is 22.3 Å². The summed E-state index contributed by atoms with van der Waals surface area (Å²) in [5.41, 5.74) is 0.0838. The van der Waals surface area contributed by atoms with Crippen LogP contribution in [0.2, 0.25) is 0 Å². The molecule has 0 heterocycles. The molecule has 3 fully saturated rings. The van der Waals surface area contributed by atoms with E-state index in [4.69, 9.17) is 0 Å². The lowest BCUT2D eigenvalue weighted by molar-refractivity contribution is -0.138. The Morgan fingerprint density at radius 2 is 1.86 bits per heavy atom. The number of ketones is 2. The van der Waals surface area contributed by atoms with E-state index in [1.165, 1.54) is 0 Å². The highest BCUT2D eigenvalue weighted by atomic mass is 16.3. The summed E-state index contributed by atoms with van der Waals surface area (Å²) in [7, 11) is 0. The van der Waals surface area contributed by atoms with Gasteiger partial charge in [0.15, 0.2) is 5.78 Å². The van der Waals surface area contributed by atoms with Crippen molar-refractivity contribution in [3.63, 3.8) is 0 Å². The van der Waals surface area contributed by atoms with Gasteiger partial charge in [-0.05, 0) is 67.9 Å². The second kappa shape index (κ2) is 4.28. The van der Waals surface area contributed by atoms with Gasteiger partial charge in [-0.25, -0.2) is 0 Å². The molecule has 0 saturated heterocycles. The molecule has 0 aromatic carbocycles. The molecule has 0 unspecified atom stereocenters. The monoisotopic (exact) mass is 288 g/mol. The number of rotatable bonds is 0. The van der Waals surface area contributed by atoms with Gasteiger partial charge in [0, 0.05) is 18.3 Å². The second-order valence-corrected chi connectivity index (χ2v) is 7.89. The first kappa shape index (κ1) is 13.7. The van der Waals surface area contributed by atoms with Crippen LogP contribution in [0.3, 0.4) is 0 Å². The molecule has 5 atom stereocenters. The smallest absolute Gasteiger partial charge is 0.155 e. The summed E-state index contributed by atoms with van der Waals surface area (Å²) in [6, 6.07) is 0. The number of carbonyl (C=O) groups excluding carboxylic acids is 2. The number of carbonyl (C=O) groups is 2. The maximum absolute atomic E-state index is 12.3. The zero-order valence-corrected chi connectivity index (χ0v) is 12.7. The molecule has 3 heteroatoms. The molecule has 0 bridgehead atoms. The van der Waals surface area contributed by atoms with Crippen molar-refractivity contribution in [1.82, 2.24) is 0 Å². The van der Waals surface area contributed by atoms with Crippen LogP contribution in [0.15, 0.2) is 11.6 Å². The molecule has 0 amide bonds. The first-order valence-electron chi connectivity index (χ1n) is 8.45. The molecule has 21 heavy (non-hydrogen) atoms. The van der Waals surface area contributed by atoms with Crippen LogP contribution in [0.5, 0.6) is 0 Å². The lowest BCUT2D eigenvalue weighted by atomic mass is 9.51. The Balaban J connectivity index is 1.70. The number of hydrogen-bond donors (Lipinski definition) is 1. The van der Waals surface area contributed by atoms with Crippen molar-refractivity contribution >= 4 is 11.6 Å². The maximum atomic E-state index is 12.3. The Labute approximate surface area is 125 Å². The second-order valence-electron chi connectivity index (χ2n) is 7.89. The number of Topliss-reactive ketones (excluding diaryl/α,β-unsaturated/α-hetero) is 1. The molecule has 3 nitrogen and oxygen atoms in total. The highest BCUT2D eigenvalue weighted by Crippen LogP contribution is 2.61. The first-order valence-corrected chi connectivity index (χ1v) is 8.45. The molecular weight excluding hydrogens is 264 g/mol. The van der Waals surface area contributed by atoms with E-state index in [1.54, 1.807) is 6.08 Å². The van der Waals surface area contributed by atoms with Gasteiger partial charge in [0.2, 0.25) is 0 Å². The van der Waals surface area contributed by atoms with Gasteiger partial charge in [-0.1, -0.05) is 6.92 Å². The summed E-state index contributed by atoms with van der Waals surface area (Å²) in [4.78, 5) is 24.0. The lowest BCUT2D eigenvalue weighted by Crippen LogP contribution is -2.55. The van der Waals surface area contributed by atoms with E-state index in [1.807, 2.05) is 0 Å². The third-order valence-corrected chi connectivity index (χ3v) is 7.15. The lowest BCUT2D eigenvalue weighted by Gasteiger charge is -2.55. The minimum atomic E-state index is -0.760. The van der Waals surface area contributed by atoms with Crippen LogP contribution in [-0.2, 0) is 9.59 Å². The summed E-state index contributed by atoms with van der Waals surface area (Å²) in [6.07, 6.45) is 8.25. The fraction of sp³-hybridized carbons (Fsp3) is 0.778. The SMILES string of the molecule is C[C@]12CC[C@@H]3[C@H](CCC4=CC(=O)CC[C@]43O)[C@@H]1CCC2=O. The zero-order valence-electron chi connectivity index (χ0n) is 12.7. The van der Waals surface area contributed by atoms with Gasteiger partial charge < -0.3 is 5.11 Å². The summed E-state index contributed by atoms with van der Waals surface area (Å²) < 4.78 is 0. The predicted molar refractivity (Wildman–Crippen MR) is 78.6 cm³/mol. The normalized spacial score (nSPS) is 49.2. The minimum absolute atomic E-state index is 0.136. The van der Waals surface area contributed by atoms with E-state index >= 15 is 0 Å². The molecule has 1 N–H and O–H groups in total. The molecule has 3 saturated carbocycles. The fourth-order valence-electron chi connectivity index (χ4n) is 5.95. The Hall–Kier alpha value is -0.960. The van der Waals surface area contributed by atoms with Crippen LogP contribution in [0.25, 0.3) is 0 Å².